The summed E-state index contributed by atoms with van der Waals surface area (Å²) < 4.78 is 11.1. The lowest BCUT2D eigenvalue weighted by Gasteiger charge is -2.32. The Bertz CT molecular complexity index is 182. The van der Waals surface area contributed by atoms with E-state index < -0.39 is 0 Å². The fourth-order valence-electron chi connectivity index (χ4n) is 2.23. The number of aliphatic hydroxyl groups is 1. The summed E-state index contributed by atoms with van der Waals surface area (Å²) in [6, 6.07) is 0. The molecule has 0 amide bonds. The first kappa shape index (κ1) is 13.9. The smallest absolute Gasteiger partial charge is 0.0837 e. The highest BCUT2D eigenvalue weighted by molar-refractivity contribution is 4.79. The Kier molecular flexibility index (Phi) is 6.32. The summed E-state index contributed by atoms with van der Waals surface area (Å²) in [6.07, 6.45) is 4.21. The Hall–Kier alpha value is -0.120. The van der Waals surface area contributed by atoms with Crippen molar-refractivity contribution >= 4 is 0 Å². The van der Waals surface area contributed by atoms with E-state index in [1.54, 1.807) is 0 Å². The molecule has 16 heavy (non-hydrogen) atoms. The van der Waals surface area contributed by atoms with Crippen LogP contribution in [0.25, 0.3) is 0 Å². The third-order valence-electron chi connectivity index (χ3n) is 3.31. The van der Waals surface area contributed by atoms with E-state index >= 15 is 0 Å². The Morgan fingerprint density at radius 1 is 1.25 bits per heavy atom. The van der Waals surface area contributed by atoms with Crippen molar-refractivity contribution in [2.24, 2.45) is 5.92 Å². The molecule has 1 saturated carbocycles. The van der Waals surface area contributed by atoms with E-state index in [0.717, 1.165) is 25.2 Å². The van der Waals surface area contributed by atoms with Crippen LogP contribution in [0.1, 0.15) is 46.5 Å². The molecule has 0 aromatic heterocycles. The highest BCUT2D eigenvalue weighted by atomic mass is 16.5. The highest BCUT2D eigenvalue weighted by Gasteiger charge is 2.28. The van der Waals surface area contributed by atoms with Gasteiger partial charge < -0.3 is 14.6 Å². The molecule has 0 saturated heterocycles. The summed E-state index contributed by atoms with van der Waals surface area (Å²) in [5.41, 5.74) is 0. The van der Waals surface area contributed by atoms with Crippen molar-refractivity contribution in [1.82, 2.24) is 0 Å². The summed E-state index contributed by atoms with van der Waals surface area (Å²) in [5.74, 6) is 0.722. The van der Waals surface area contributed by atoms with Gasteiger partial charge in [-0.2, -0.15) is 0 Å². The first-order valence-corrected chi connectivity index (χ1v) is 6.54. The molecule has 1 rings (SSSR count). The minimum absolute atomic E-state index is 0.0227. The topological polar surface area (TPSA) is 38.7 Å². The molecular weight excluding hydrogens is 204 g/mol. The van der Waals surface area contributed by atoms with E-state index in [2.05, 4.69) is 6.92 Å². The van der Waals surface area contributed by atoms with E-state index in [9.17, 15) is 5.11 Å². The van der Waals surface area contributed by atoms with Crippen LogP contribution in [0, 0.1) is 5.92 Å². The van der Waals surface area contributed by atoms with Gasteiger partial charge in [-0.3, -0.25) is 0 Å². The molecule has 1 N–H and O–H groups in total. The zero-order chi connectivity index (χ0) is 12.0. The predicted molar refractivity (Wildman–Crippen MR) is 64.5 cm³/mol. The summed E-state index contributed by atoms with van der Waals surface area (Å²) in [7, 11) is 0. The van der Waals surface area contributed by atoms with Crippen LogP contribution in [0.5, 0.6) is 0 Å². The lowest BCUT2D eigenvalue weighted by molar-refractivity contribution is -0.0886. The Morgan fingerprint density at radius 3 is 2.62 bits per heavy atom. The molecule has 3 nitrogen and oxygen atoms in total. The minimum Gasteiger partial charge on any atom is -0.390 e. The van der Waals surface area contributed by atoms with Gasteiger partial charge in [0.1, 0.15) is 0 Å². The summed E-state index contributed by atoms with van der Waals surface area (Å²) in [4.78, 5) is 0. The van der Waals surface area contributed by atoms with Crippen LogP contribution in [-0.4, -0.2) is 36.6 Å². The molecule has 1 fully saturated rings. The van der Waals surface area contributed by atoms with E-state index in [0.29, 0.717) is 13.2 Å². The van der Waals surface area contributed by atoms with Gasteiger partial charge in [0.05, 0.1) is 31.5 Å². The highest BCUT2D eigenvalue weighted by Crippen LogP contribution is 2.28. The Balaban J connectivity index is 2.18. The zero-order valence-corrected chi connectivity index (χ0v) is 10.8. The van der Waals surface area contributed by atoms with Crippen LogP contribution < -0.4 is 0 Å². The standard InChI is InChI=1S/C13H26O3/c1-4-11-5-6-12(14)13(9-11)16-8-7-15-10(2)3/h10-14H,4-9H2,1-3H3. The zero-order valence-electron chi connectivity index (χ0n) is 10.8. The molecule has 1 aliphatic rings. The number of aliphatic hydroxyl groups excluding tert-OH is 1. The number of ether oxygens (including phenoxy) is 2. The van der Waals surface area contributed by atoms with Crippen molar-refractivity contribution in [3.05, 3.63) is 0 Å². The van der Waals surface area contributed by atoms with Gasteiger partial charge in [0.25, 0.3) is 0 Å². The molecular formula is C13H26O3. The molecule has 96 valence electrons. The first-order valence-electron chi connectivity index (χ1n) is 6.54. The molecule has 0 aromatic rings. The summed E-state index contributed by atoms with van der Waals surface area (Å²) in [5, 5.41) is 9.82. The monoisotopic (exact) mass is 230 g/mol. The van der Waals surface area contributed by atoms with Gasteiger partial charge in [-0.05, 0) is 39.0 Å². The SMILES string of the molecule is CCC1CCC(O)C(OCCOC(C)C)C1. The van der Waals surface area contributed by atoms with Crippen LogP contribution in [-0.2, 0) is 9.47 Å². The van der Waals surface area contributed by atoms with Gasteiger partial charge in [-0.25, -0.2) is 0 Å². The number of hydrogen-bond acceptors (Lipinski definition) is 3. The van der Waals surface area contributed by atoms with Gasteiger partial charge in [0, 0.05) is 0 Å². The minimum atomic E-state index is -0.276. The van der Waals surface area contributed by atoms with Gasteiger partial charge >= 0.3 is 0 Å². The summed E-state index contributed by atoms with van der Waals surface area (Å²) in [6.45, 7) is 7.46. The van der Waals surface area contributed by atoms with Crippen LogP contribution in [0.15, 0.2) is 0 Å². The maximum atomic E-state index is 9.82. The Morgan fingerprint density at radius 2 is 2.00 bits per heavy atom. The van der Waals surface area contributed by atoms with Crippen molar-refractivity contribution < 1.29 is 14.6 Å². The van der Waals surface area contributed by atoms with Crippen molar-refractivity contribution in [2.45, 2.75) is 64.8 Å². The third-order valence-corrected chi connectivity index (χ3v) is 3.31. The van der Waals surface area contributed by atoms with Crippen molar-refractivity contribution in [3.8, 4) is 0 Å². The molecule has 3 unspecified atom stereocenters. The molecule has 0 radical (unpaired) electrons. The molecule has 0 aromatic carbocycles. The number of hydrogen-bond donors (Lipinski definition) is 1. The van der Waals surface area contributed by atoms with Gasteiger partial charge in [-0.15, -0.1) is 0 Å². The van der Waals surface area contributed by atoms with Crippen molar-refractivity contribution in [1.29, 1.82) is 0 Å². The average Bonchev–Trinajstić information content (AvgIpc) is 2.26. The lowest BCUT2D eigenvalue weighted by atomic mass is 9.84. The second kappa shape index (κ2) is 7.25. The van der Waals surface area contributed by atoms with Crippen molar-refractivity contribution in [3.63, 3.8) is 0 Å². The first-order chi connectivity index (χ1) is 7.63. The molecule has 3 heteroatoms. The molecule has 0 bridgehead atoms. The van der Waals surface area contributed by atoms with E-state index in [4.69, 9.17) is 9.47 Å². The van der Waals surface area contributed by atoms with Crippen LogP contribution >= 0.6 is 0 Å². The normalized spacial score (nSPS) is 30.9. The molecule has 3 atom stereocenters. The Labute approximate surface area is 99.1 Å². The van der Waals surface area contributed by atoms with Crippen molar-refractivity contribution in [2.75, 3.05) is 13.2 Å². The molecule has 1 aliphatic carbocycles. The fraction of sp³-hybridized carbons (Fsp3) is 1.00. The second-order valence-corrected chi connectivity index (χ2v) is 4.98. The van der Waals surface area contributed by atoms with E-state index in [-0.39, 0.29) is 18.3 Å². The van der Waals surface area contributed by atoms with Gasteiger partial charge in [-0.1, -0.05) is 13.3 Å². The van der Waals surface area contributed by atoms with Gasteiger partial charge in [0.2, 0.25) is 0 Å². The fourth-order valence-corrected chi connectivity index (χ4v) is 2.23. The van der Waals surface area contributed by atoms with Crippen LogP contribution in [0.4, 0.5) is 0 Å². The third kappa shape index (κ3) is 4.81. The quantitative estimate of drug-likeness (QED) is 0.712. The molecule has 0 spiro atoms. The summed E-state index contributed by atoms with van der Waals surface area (Å²) >= 11 is 0. The van der Waals surface area contributed by atoms with E-state index in [1.807, 2.05) is 13.8 Å². The lowest BCUT2D eigenvalue weighted by Crippen LogP contribution is -2.36. The van der Waals surface area contributed by atoms with E-state index in [1.165, 1.54) is 6.42 Å². The largest absolute Gasteiger partial charge is 0.390 e. The maximum absolute atomic E-state index is 9.82. The second-order valence-electron chi connectivity index (χ2n) is 4.98. The number of rotatable bonds is 6. The predicted octanol–water partition coefficient (Wildman–Crippen LogP) is 2.37. The molecule has 0 heterocycles. The van der Waals surface area contributed by atoms with Gasteiger partial charge in [0.15, 0.2) is 0 Å². The maximum Gasteiger partial charge on any atom is 0.0837 e. The average molecular weight is 230 g/mol. The molecule has 0 aliphatic heterocycles. The van der Waals surface area contributed by atoms with Crippen LogP contribution in [0.2, 0.25) is 0 Å². The van der Waals surface area contributed by atoms with Crippen LogP contribution in [0.3, 0.4) is 0 Å².